The average Bonchev–Trinajstić information content (AvgIpc) is 2.79. The first-order chi connectivity index (χ1) is 10.9. The number of urea groups is 1. The van der Waals surface area contributed by atoms with Crippen LogP contribution in [0.25, 0.3) is 0 Å². The number of hydrogen-bond donors (Lipinski definition) is 2. The molecule has 1 atom stereocenters. The Morgan fingerprint density at radius 2 is 2.00 bits per heavy atom. The van der Waals surface area contributed by atoms with Gasteiger partial charge in [-0.25, -0.2) is 4.79 Å². The van der Waals surface area contributed by atoms with E-state index in [1.54, 1.807) is 39.0 Å². The number of anilines is 1. The molecule has 1 aromatic carbocycles. The van der Waals surface area contributed by atoms with E-state index in [-0.39, 0.29) is 6.04 Å². The van der Waals surface area contributed by atoms with Crippen molar-refractivity contribution in [1.82, 2.24) is 10.5 Å². The molecule has 124 valence electrons. The standard InChI is InChI=1S/C15H17F2N3O2S/c1-8(13-9(2)20-22-10(13)3)18-15(21)19-11-6-4-5-7-12(11)23-14(16)17/h4-8,14H,1-3H3,(H2,18,19,21)/t8-/m1/s1. The molecule has 23 heavy (non-hydrogen) atoms. The number of aryl methyl sites for hydroxylation is 2. The summed E-state index contributed by atoms with van der Waals surface area (Å²) < 4.78 is 30.2. The summed E-state index contributed by atoms with van der Waals surface area (Å²) in [7, 11) is 0. The van der Waals surface area contributed by atoms with Gasteiger partial charge >= 0.3 is 6.03 Å². The van der Waals surface area contributed by atoms with Crippen molar-refractivity contribution in [3.8, 4) is 0 Å². The molecule has 0 aliphatic heterocycles. The van der Waals surface area contributed by atoms with Gasteiger partial charge in [0, 0.05) is 10.5 Å². The van der Waals surface area contributed by atoms with Crippen LogP contribution in [0.3, 0.4) is 0 Å². The number of nitrogens with one attached hydrogen (secondary N) is 2. The minimum absolute atomic E-state index is 0.308. The van der Waals surface area contributed by atoms with Gasteiger partial charge in [0.25, 0.3) is 5.76 Å². The molecule has 1 aromatic heterocycles. The van der Waals surface area contributed by atoms with E-state index in [1.165, 1.54) is 6.07 Å². The van der Waals surface area contributed by atoms with Gasteiger partial charge in [0.05, 0.1) is 17.4 Å². The number of nitrogens with zero attached hydrogens (tertiary/aromatic N) is 1. The number of halogens is 2. The SMILES string of the molecule is Cc1noc(C)c1[C@@H](C)NC(=O)Nc1ccccc1SC(F)F. The Balaban J connectivity index is 2.05. The van der Waals surface area contributed by atoms with Gasteiger partial charge in [0.15, 0.2) is 0 Å². The van der Waals surface area contributed by atoms with E-state index in [0.29, 0.717) is 33.8 Å². The van der Waals surface area contributed by atoms with Gasteiger partial charge < -0.3 is 15.2 Å². The number of alkyl halides is 2. The number of carbonyl (C=O) groups is 1. The molecule has 2 amide bonds. The predicted octanol–water partition coefficient (Wildman–Crippen LogP) is 4.49. The lowest BCUT2D eigenvalue weighted by molar-refractivity contribution is 0.248. The fraction of sp³-hybridized carbons (Fsp3) is 0.333. The van der Waals surface area contributed by atoms with Crippen molar-refractivity contribution < 1.29 is 18.1 Å². The zero-order chi connectivity index (χ0) is 17.0. The molecule has 0 bridgehead atoms. The predicted molar refractivity (Wildman–Crippen MR) is 84.8 cm³/mol. The topological polar surface area (TPSA) is 67.2 Å². The Morgan fingerprint density at radius 1 is 1.30 bits per heavy atom. The maximum atomic E-state index is 12.5. The van der Waals surface area contributed by atoms with E-state index in [9.17, 15) is 13.6 Å². The second-order valence-electron chi connectivity index (χ2n) is 4.93. The van der Waals surface area contributed by atoms with Crippen molar-refractivity contribution in [2.24, 2.45) is 0 Å². The number of rotatable bonds is 5. The summed E-state index contributed by atoms with van der Waals surface area (Å²) in [6, 6.07) is 5.61. The Kier molecular flexibility index (Phi) is 5.59. The Hall–Kier alpha value is -2.09. The molecule has 0 unspecified atom stereocenters. The van der Waals surface area contributed by atoms with Crippen LogP contribution in [0.5, 0.6) is 0 Å². The molecule has 0 radical (unpaired) electrons. The first-order valence-corrected chi connectivity index (χ1v) is 7.80. The molecule has 1 heterocycles. The minimum atomic E-state index is -2.55. The number of amides is 2. The molecule has 2 aromatic rings. The molecule has 5 nitrogen and oxygen atoms in total. The Morgan fingerprint density at radius 3 is 2.61 bits per heavy atom. The zero-order valence-corrected chi connectivity index (χ0v) is 13.7. The highest BCUT2D eigenvalue weighted by atomic mass is 32.2. The van der Waals surface area contributed by atoms with Crippen molar-refractivity contribution in [3.05, 3.63) is 41.3 Å². The lowest BCUT2D eigenvalue weighted by atomic mass is 10.1. The van der Waals surface area contributed by atoms with Gasteiger partial charge in [-0.05, 0) is 32.9 Å². The van der Waals surface area contributed by atoms with Crippen LogP contribution >= 0.6 is 11.8 Å². The average molecular weight is 341 g/mol. The quantitative estimate of drug-likeness (QED) is 0.787. The molecular formula is C15H17F2N3O2S. The van der Waals surface area contributed by atoms with E-state index < -0.39 is 11.8 Å². The highest BCUT2D eigenvalue weighted by Crippen LogP contribution is 2.31. The number of thioether (sulfide) groups is 1. The zero-order valence-electron chi connectivity index (χ0n) is 12.9. The summed E-state index contributed by atoms with van der Waals surface area (Å²) in [6.45, 7) is 5.35. The fourth-order valence-corrected chi connectivity index (χ4v) is 2.90. The van der Waals surface area contributed by atoms with Gasteiger partial charge in [-0.3, -0.25) is 0 Å². The van der Waals surface area contributed by atoms with Crippen LogP contribution in [0.4, 0.5) is 19.3 Å². The van der Waals surface area contributed by atoms with Crippen LogP contribution in [0.15, 0.2) is 33.7 Å². The Labute approximate surface area is 136 Å². The monoisotopic (exact) mass is 341 g/mol. The van der Waals surface area contributed by atoms with Gasteiger partial charge in [0.2, 0.25) is 0 Å². The highest BCUT2D eigenvalue weighted by molar-refractivity contribution is 7.99. The number of hydrogen-bond acceptors (Lipinski definition) is 4. The first-order valence-electron chi connectivity index (χ1n) is 6.92. The summed E-state index contributed by atoms with van der Waals surface area (Å²) in [4.78, 5) is 12.4. The van der Waals surface area contributed by atoms with Crippen molar-refractivity contribution in [2.75, 3.05) is 5.32 Å². The van der Waals surface area contributed by atoms with Crippen molar-refractivity contribution in [2.45, 2.75) is 37.5 Å². The molecule has 0 saturated heterocycles. The lowest BCUT2D eigenvalue weighted by Gasteiger charge is -2.16. The highest BCUT2D eigenvalue weighted by Gasteiger charge is 2.19. The summed E-state index contributed by atoms with van der Waals surface area (Å²) in [6.07, 6.45) is 0. The van der Waals surface area contributed by atoms with Crippen LogP contribution < -0.4 is 10.6 Å². The fourth-order valence-electron chi connectivity index (χ4n) is 2.30. The van der Waals surface area contributed by atoms with Crippen LogP contribution in [0.1, 0.15) is 30.0 Å². The van der Waals surface area contributed by atoms with E-state index in [4.69, 9.17) is 4.52 Å². The molecule has 2 N–H and O–H groups in total. The molecule has 0 spiro atoms. The molecular weight excluding hydrogens is 324 g/mol. The second-order valence-corrected chi connectivity index (χ2v) is 5.96. The lowest BCUT2D eigenvalue weighted by Crippen LogP contribution is -2.31. The molecule has 0 fully saturated rings. The first kappa shape index (κ1) is 17.3. The molecule has 0 aliphatic carbocycles. The molecule has 2 rings (SSSR count). The van der Waals surface area contributed by atoms with Crippen LogP contribution in [0.2, 0.25) is 0 Å². The smallest absolute Gasteiger partial charge is 0.319 e. The van der Waals surface area contributed by atoms with Gasteiger partial charge in [-0.15, -0.1) is 0 Å². The van der Waals surface area contributed by atoms with E-state index >= 15 is 0 Å². The van der Waals surface area contributed by atoms with Gasteiger partial charge in [-0.1, -0.05) is 29.1 Å². The summed E-state index contributed by atoms with van der Waals surface area (Å²) >= 11 is 0.388. The molecule has 0 aliphatic rings. The van der Waals surface area contributed by atoms with Crippen molar-refractivity contribution in [1.29, 1.82) is 0 Å². The third kappa shape index (κ3) is 4.44. The molecule has 0 saturated carbocycles. The number of benzene rings is 1. The van der Waals surface area contributed by atoms with Crippen molar-refractivity contribution >= 4 is 23.5 Å². The van der Waals surface area contributed by atoms with Gasteiger partial charge in [0.1, 0.15) is 5.76 Å². The number of carbonyl (C=O) groups excluding carboxylic acids is 1. The Bertz CT molecular complexity index is 672. The number of para-hydroxylation sites is 1. The van der Waals surface area contributed by atoms with Crippen molar-refractivity contribution in [3.63, 3.8) is 0 Å². The minimum Gasteiger partial charge on any atom is -0.361 e. The maximum Gasteiger partial charge on any atom is 0.319 e. The largest absolute Gasteiger partial charge is 0.361 e. The second kappa shape index (κ2) is 7.45. The van der Waals surface area contributed by atoms with E-state index in [1.807, 2.05) is 0 Å². The summed E-state index contributed by atoms with van der Waals surface area (Å²) in [5.74, 6) is -1.92. The van der Waals surface area contributed by atoms with E-state index in [0.717, 1.165) is 5.56 Å². The molecule has 8 heteroatoms. The number of aromatic nitrogens is 1. The normalized spacial score (nSPS) is 12.3. The van der Waals surface area contributed by atoms with Gasteiger partial charge in [-0.2, -0.15) is 8.78 Å². The third-order valence-electron chi connectivity index (χ3n) is 3.22. The van der Waals surface area contributed by atoms with Crippen LogP contribution in [-0.4, -0.2) is 16.9 Å². The van der Waals surface area contributed by atoms with E-state index in [2.05, 4.69) is 15.8 Å². The van der Waals surface area contributed by atoms with Crippen LogP contribution in [-0.2, 0) is 0 Å². The van der Waals surface area contributed by atoms with Crippen LogP contribution in [0, 0.1) is 13.8 Å². The summed E-state index contributed by atoms with van der Waals surface area (Å²) in [5.41, 5.74) is 1.83. The maximum absolute atomic E-state index is 12.5. The third-order valence-corrected chi connectivity index (χ3v) is 4.01. The summed E-state index contributed by atoms with van der Waals surface area (Å²) in [5, 5.41) is 9.18.